The quantitative estimate of drug-likeness (QED) is 0.268. The van der Waals surface area contributed by atoms with E-state index in [1.807, 2.05) is 13.8 Å². The SMILES string of the molecule is CC(C)CCC1(C)C(=O)C(C2=NS(=O)(=O)c3cc(NS(=O)(=O)c4ccc(N)cc4)ccc3N2)C(=O)c2ccccc21. The molecule has 214 valence electrons. The first-order valence-corrected chi connectivity index (χ1v) is 16.0. The number of fused-ring (bicyclic) bond motifs is 2. The molecule has 0 radical (unpaired) electrons. The van der Waals surface area contributed by atoms with Gasteiger partial charge in [0.25, 0.3) is 20.0 Å². The van der Waals surface area contributed by atoms with Crippen molar-refractivity contribution in [3.8, 4) is 0 Å². The molecule has 0 amide bonds. The van der Waals surface area contributed by atoms with E-state index in [0.717, 1.165) is 12.5 Å². The van der Waals surface area contributed by atoms with Crippen LogP contribution in [0.3, 0.4) is 0 Å². The highest BCUT2D eigenvalue weighted by molar-refractivity contribution is 7.92. The fourth-order valence-electron chi connectivity index (χ4n) is 5.22. The van der Waals surface area contributed by atoms with Crippen molar-refractivity contribution >= 4 is 54.5 Å². The highest BCUT2D eigenvalue weighted by Crippen LogP contribution is 2.43. The molecule has 3 aromatic rings. The number of rotatable bonds is 7. The van der Waals surface area contributed by atoms with Gasteiger partial charge in [-0.3, -0.25) is 14.3 Å². The summed E-state index contributed by atoms with van der Waals surface area (Å²) >= 11 is 0. The molecular formula is C29H30N4O6S2. The number of Topliss-reactive ketones (excluding diaryl/α,β-unsaturated/α-hetero) is 2. The van der Waals surface area contributed by atoms with Gasteiger partial charge in [0.2, 0.25) is 0 Å². The van der Waals surface area contributed by atoms with Crippen molar-refractivity contribution in [2.24, 2.45) is 16.2 Å². The van der Waals surface area contributed by atoms with Crippen molar-refractivity contribution in [3.63, 3.8) is 0 Å². The molecular weight excluding hydrogens is 564 g/mol. The fraction of sp³-hybridized carbons (Fsp3) is 0.276. The van der Waals surface area contributed by atoms with Crippen molar-refractivity contribution in [2.45, 2.75) is 48.8 Å². The Labute approximate surface area is 239 Å². The Morgan fingerprint density at radius 2 is 1.73 bits per heavy atom. The number of anilines is 3. The molecule has 4 N–H and O–H groups in total. The number of hydrogen-bond acceptors (Lipinski definition) is 8. The lowest BCUT2D eigenvalue weighted by molar-refractivity contribution is -0.125. The largest absolute Gasteiger partial charge is 0.399 e. The van der Waals surface area contributed by atoms with E-state index in [1.54, 1.807) is 31.2 Å². The third-order valence-electron chi connectivity index (χ3n) is 7.53. The average Bonchev–Trinajstić information content (AvgIpc) is 2.91. The molecule has 0 saturated carbocycles. The minimum absolute atomic E-state index is 0.00962. The number of carbonyl (C=O) groups is 2. The first kappa shape index (κ1) is 28.5. The smallest absolute Gasteiger partial charge is 0.286 e. The number of sulfonamides is 2. The number of amidine groups is 1. The molecule has 0 saturated heterocycles. The van der Waals surface area contributed by atoms with Gasteiger partial charge in [-0.05, 0) is 73.7 Å². The second kappa shape index (κ2) is 10.1. The lowest BCUT2D eigenvalue weighted by atomic mass is 9.63. The van der Waals surface area contributed by atoms with Gasteiger partial charge in [0.1, 0.15) is 16.6 Å². The van der Waals surface area contributed by atoms with Crippen molar-refractivity contribution in [3.05, 3.63) is 77.9 Å². The Hall–Kier alpha value is -4.03. The van der Waals surface area contributed by atoms with E-state index in [2.05, 4.69) is 14.4 Å². The summed E-state index contributed by atoms with van der Waals surface area (Å²) in [5.41, 5.74) is 6.07. The zero-order valence-electron chi connectivity index (χ0n) is 22.7. The van der Waals surface area contributed by atoms with Crippen molar-refractivity contribution in [1.29, 1.82) is 0 Å². The summed E-state index contributed by atoms with van der Waals surface area (Å²) < 4.78 is 58.5. The van der Waals surface area contributed by atoms with E-state index in [9.17, 15) is 26.4 Å². The minimum Gasteiger partial charge on any atom is -0.399 e. The Bertz CT molecular complexity index is 1820. The molecule has 12 heteroatoms. The molecule has 3 aromatic carbocycles. The summed E-state index contributed by atoms with van der Waals surface area (Å²) in [4.78, 5) is 27.3. The number of benzene rings is 3. The predicted octanol–water partition coefficient (Wildman–Crippen LogP) is 4.36. The lowest BCUT2D eigenvalue weighted by Gasteiger charge is -2.39. The van der Waals surface area contributed by atoms with E-state index in [-0.39, 0.29) is 27.0 Å². The van der Waals surface area contributed by atoms with Gasteiger partial charge in [0, 0.05) is 11.3 Å². The maximum absolute atomic E-state index is 14.0. The van der Waals surface area contributed by atoms with Gasteiger partial charge in [-0.25, -0.2) is 8.42 Å². The van der Waals surface area contributed by atoms with Crippen LogP contribution >= 0.6 is 0 Å². The molecule has 2 aliphatic rings. The highest BCUT2D eigenvalue weighted by Gasteiger charge is 2.51. The normalized spacial score (nSPS) is 21.5. The summed E-state index contributed by atoms with van der Waals surface area (Å²) in [5.74, 6) is -2.33. The predicted molar refractivity (Wildman–Crippen MR) is 157 cm³/mol. The molecule has 1 aliphatic heterocycles. The number of hydrogen-bond donors (Lipinski definition) is 3. The highest BCUT2D eigenvalue weighted by atomic mass is 32.2. The van der Waals surface area contributed by atoms with Gasteiger partial charge >= 0.3 is 0 Å². The van der Waals surface area contributed by atoms with Crippen LogP contribution < -0.4 is 15.8 Å². The average molecular weight is 595 g/mol. The van der Waals surface area contributed by atoms with E-state index in [1.165, 1.54) is 36.4 Å². The molecule has 41 heavy (non-hydrogen) atoms. The number of carbonyl (C=O) groups excluding carboxylic acids is 2. The zero-order chi connectivity index (χ0) is 29.7. The van der Waals surface area contributed by atoms with Crippen LogP contribution in [0.15, 0.2) is 80.9 Å². The molecule has 2 unspecified atom stereocenters. The second-order valence-corrected chi connectivity index (χ2v) is 14.2. The molecule has 10 nitrogen and oxygen atoms in total. The van der Waals surface area contributed by atoms with Crippen LogP contribution in [-0.4, -0.2) is 34.2 Å². The molecule has 5 rings (SSSR count). The van der Waals surface area contributed by atoms with Crippen LogP contribution in [0.25, 0.3) is 0 Å². The maximum atomic E-state index is 14.0. The molecule has 1 heterocycles. The van der Waals surface area contributed by atoms with E-state index in [0.29, 0.717) is 29.2 Å². The maximum Gasteiger partial charge on any atom is 0.286 e. The van der Waals surface area contributed by atoms with Crippen LogP contribution in [0.5, 0.6) is 0 Å². The van der Waals surface area contributed by atoms with Gasteiger partial charge < -0.3 is 11.1 Å². The van der Waals surface area contributed by atoms with Crippen LogP contribution in [-0.2, 0) is 30.3 Å². The number of nitrogen functional groups attached to an aromatic ring is 1. The van der Waals surface area contributed by atoms with E-state index >= 15 is 0 Å². The van der Waals surface area contributed by atoms with Gasteiger partial charge in [0.05, 0.1) is 21.7 Å². The standard InChI is InChI=1S/C29H30N4O6S2/c1-17(2)14-15-29(3)22-7-5-4-6-21(22)26(34)25(27(29)35)28-31-23-13-10-19(16-24(23)41(38,39)33-28)32-40(36,37)20-11-8-18(30)9-12-20/h4-13,16-17,25,32H,14-15,30H2,1-3H3,(H,31,33). The molecule has 0 spiro atoms. The fourth-order valence-corrected chi connectivity index (χ4v) is 7.45. The molecule has 1 aliphatic carbocycles. The molecule has 0 bridgehead atoms. The molecule has 2 atom stereocenters. The van der Waals surface area contributed by atoms with Gasteiger partial charge in [-0.1, -0.05) is 38.1 Å². The van der Waals surface area contributed by atoms with Crippen LogP contribution in [0, 0.1) is 11.8 Å². The molecule has 0 fully saturated rings. The minimum atomic E-state index is -4.41. The number of nitrogens with zero attached hydrogens (tertiary/aromatic N) is 1. The van der Waals surface area contributed by atoms with Gasteiger partial charge in [-0.15, -0.1) is 4.40 Å². The Kier molecular flexibility index (Phi) is 7.03. The Morgan fingerprint density at radius 1 is 1.05 bits per heavy atom. The summed E-state index contributed by atoms with van der Waals surface area (Å²) in [7, 11) is -8.44. The first-order valence-electron chi connectivity index (χ1n) is 13.1. The second-order valence-electron chi connectivity index (χ2n) is 10.9. The lowest BCUT2D eigenvalue weighted by Crippen LogP contribution is -2.51. The topological polar surface area (TPSA) is 165 Å². The van der Waals surface area contributed by atoms with Crippen LogP contribution in [0.2, 0.25) is 0 Å². The van der Waals surface area contributed by atoms with E-state index < -0.39 is 42.9 Å². The zero-order valence-corrected chi connectivity index (χ0v) is 24.3. The van der Waals surface area contributed by atoms with Crippen molar-refractivity contribution in [2.75, 3.05) is 15.8 Å². The van der Waals surface area contributed by atoms with Gasteiger partial charge in [0.15, 0.2) is 11.6 Å². The van der Waals surface area contributed by atoms with Crippen LogP contribution in [0.4, 0.5) is 17.1 Å². The summed E-state index contributed by atoms with van der Waals surface area (Å²) in [6.07, 6.45) is 1.21. The monoisotopic (exact) mass is 594 g/mol. The Morgan fingerprint density at radius 3 is 2.41 bits per heavy atom. The van der Waals surface area contributed by atoms with Crippen LogP contribution in [0.1, 0.15) is 49.5 Å². The molecule has 0 aromatic heterocycles. The Balaban J connectivity index is 1.50. The number of nitrogens with one attached hydrogen (secondary N) is 2. The summed E-state index contributed by atoms with van der Waals surface area (Å²) in [5, 5.41) is 2.88. The third-order valence-corrected chi connectivity index (χ3v) is 10.3. The number of nitrogens with two attached hydrogens (primary N) is 1. The third kappa shape index (κ3) is 5.13. The van der Waals surface area contributed by atoms with Gasteiger partial charge in [-0.2, -0.15) is 8.42 Å². The summed E-state index contributed by atoms with van der Waals surface area (Å²) in [6, 6.07) is 16.3. The summed E-state index contributed by atoms with van der Waals surface area (Å²) in [6.45, 7) is 5.89. The first-order chi connectivity index (χ1) is 19.2. The number of ketones is 2. The van der Waals surface area contributed by atoms with E-state index in [4.69, 9.17) is 5.73 Å². The van der Waals surface area contributed by atoms with Crippen molar-refractivity contribution < 1.29 is 26.4 Å². The van der Waals surface area contributed by atoms with Crippen molar-refractivity contribution in [1.82, 2.24) is 0 Å².